The molecule has 0 heterocycles. The summed E-state index contributed by atoms with van der Waals surface area (Å²) in [6, 6.07) is 18.8. The Labute approximate surface area is 165 Å². The van der Waals surface area contributed by atoms with E-state index in [9.17, 15) is 9.90 Å². The summed E-state index contributed by atoms with van der Waals surface area (Å²) in [4.78, 5) is 11.0. The largest absolute Gasteiger partial charge is 0.545 e. The summed E-state index contributed by atoms with van der Waals surface area (Å²) >= 11 is 11.7. The summed E-state index contributed by atoms with van der Waals surface area (Å²) in [5.41, 5.74) is 3.92. The van der Waals surface area contributed by atoms with Crippen molar-refractivity contribution in [1.29, 1.82) is 0 Å². The molecule has 3 rings (SSSR count). The van der Waals surface area contributed by atoms with Gasteiger partial charge in [-0.05, 0) is 60.2 Å². The Morgan fingerprint density at radius 2 is 1.78 bits per heavy atom. The van der Waals surface area contributed by atoms with Gasteiger partial charge in [-0.15, -0.1) is 0 Å². The molecular formula is C20H13Cl2N2O3-. The molecule has 0 fully saturated rings. The van der Waals surface area contributed by atoms with Gasteiger partial charge in [0.15, 0.2) is 0 Å². The zero-order chi connectivity index (χ0) is 19.2. The van der Waals surface area contributed by atoms with Crippen LogP contribution in [0, 0.1) is 0 Å². The number of nitrogens with zero attached hydrogens (tertiary/aromatic N) is 1. The predicted octanol–water partition coefficient (Wildman–Crippen LogP) is 4.60. The van der Waals surface area contributed by atoms with E-state index in [-0.39, 0.29) is 10.6 Å². The Bertz CT molecular complexity index is 989. The van der Waals surface area contributed by atoms with E-state index in [4.69, 9.17) is 27.9 Å². The van der Waals surface area contributed by atoms with Gasteiger partial charge in [0.2, 0.25) is 0 Å². The summed E-state index contributed by atoms with van der Waals surface area (Å²) in [6.45, 7) is 0. The van der Waals surface area contributed by atoms with E-state index in [0.717, 1.165) is 5.56 Å². The monoisotopic (exact) mass is 399 g/mol. The maximum Gasteiger partial charge on any atom is 0.128 e. The van der Waals surface area contributed by atoms with E-state index in [1.54, 1.807) is 36.5 Å². The van der Waals surface area contributed by atoms with Crippen molar-refractivity contribution in [1.82, 2.24) is 0 Å². The molecule has 136 valence electrons. The maximum atomic E-state index is 11.0. The van der Waals surface area contributed by atoms with Crippen molar-refractivity contribution < 1.29 is 14.6 Å². The van der Waals surface area contributed by atoms with E-state index in [0.29, 0.717) is 22.2 Å². The van der Waals surface area contributed by atoms with Crippen LogP contribution < -0.4 is 15.3 Å². The lowest BCUT2D eigenvalue weighted by Crippen LogP contribution is -2.22. The minimum Gasteiger partial charge on any atom is -0.545 e. The fourth-order valence-corrected chi connectivity index (χ4v) is 2.55. The molecule has 0 atom stereocenters. The molecule has 3 aromatic carbocycles. The van der Waals surface area contributed by atoms with E-state index >= 15 is 0 Å². The number of benzene rings is 3. The number of rotatable bonds is 6. The van der Waals surface area contributed by atoms with Gasteiger partial charge >= 0.3 is 0 Å². The number of carboxylic acids is 1. The van der Waals surface area contributed by atoms with Crippen LogP contribution in [0.5, 0.6) is 11.5 Å². The van der Waals surface area contributed by atoms with E-state index in [1.165, 1.54) is 12.1 Å². The smallest absolute Gasteiger partial charge is 0.128 e. The lowest BCUT2D eigenvalue weighted by molar-refractivity contribution is -0.255. The van der Waals surface area contributed by atoms with Crippen LogP contribution in [0.25, 0.3) is 0 Å². The molecule has 0 aliphatic heterocycles. The maximum absolute atomic E-state index is 11.0. The second-order valence-corrected chi connectivity index (χ2v) is 6.32. The van der Waals surface area contributed by atoms with Gasteiger partial charge in [0.05, 0.1) is 17.9 Å². The molecule has 0 aliphatic carbocycles. The lowest BCUT2D eigenvalue weighted by Gasteiger charge is -2.08. The van der Waals surface area contributed by atoms with E-state index in [1.807, 2.05) is 24.3 Å². The topological polar surface area (TPSA) is 73.8 Å². The number of hydrazone groups is 1. The molecule has 0 bridgehead atoms. The highest BCUT2D eigenvalue weighted by Crippen LogP contribution is 2.23. The van der Waals surface area contributed by atoms with Crippen LogP contribution in [0.15, 0.2) is 71.8 Å². The summed E-state index contributed by atoms with van der Waals surface area (Å²) in [6.07, 6.45) is 1.59. The molecule has 27 heavy (non-hydrogen) atoms. The minimum atomic E-state index is -1.35. The second-order valence-electron chi connectivity index (χ2n) is 5.48. The van der Waals surface area contributed by atoms with Gasteiger partial charge in [-0.2, -0.15) is 5.10 Å². The van der Waals surface area contributed by atoms with Gasteiger partial charge in [0.25, 0.3) is 0 Å². The van der Waals surface area contributed by atoms with Crippen LogP contribution in [0.2, 0.25) is 10.0 Å². The first-order valence-corrected chi connectivity index (χ1v) is 8.60. The number of hydrogen-bond donors (Lipinski definition) is 1. The SMILES string of the molecule is O=C([O-])c1cc(N/N=C\c2cccc(Oc3ccc(Cl)cc3)c2)ccc1Cl. The minimum absolute atomic E-state index is 0.102. The van der Waals surface area contributed by atoms with Crippen LogP contribution in [0.3, 0.4) is 0 Å². The molecule has 0 saturated heterocycles. The Kier molecular flexibility index (Phi) is 5.96. The number of carboxylic acid groups (broad SMARTS) is 1. The van der Waals surface area contributed by atoms with Crippen molar-refractivity contribution in [3.8, 4) is 11.5 Å². The molecule has 5 nitrogen and oxygen atoms in total. The third-order valence-electron chi connectivity index (χ3n) is 3.50. The molecule has 0 amide bonds. The standard InChI is InChI=1S/C20H14Cl2N2O3/c21-14-4-7-16(8-5-14)27-17-3-1-2-13(10-17)12-23-24-15-6-9-19(22)18(11-15)20(25)26/h1-12,24H,(H,25,26)/p-1/b23-12-. The highest BCUT2D eigenvalue weighted by Gasteiger charge is 2.02. The van der Waals surface area contributed by atoms with Crippen molar-refractivity contribution in [2.24, 2.45) is 5.10 Å². The number of halogens is 2. The molecule has 1 N–H and O–H groups in total. The van der Waals surface area contributed by atoms with Crippen molar-refractivity contribution in [2.45, 2.75) is 0 Å². The number of anilines is 1. The van der Waals surface area contributed by atoms with Gasteiger partial charge in [0, 0.05) is 15.6 Å². The number of ether oxygens (including phenoxy) is 1. The number of carbonyl (C=O) groups is 1. The zero-order valence-corrected chi connectivity index (χ0v) is 15.4. The summed E-state index contributed by atoms with van der Waals surface area (Å²) in [5, 5.41) is 15.8. The van der Waals surface area contributed by atoms with Gasteiger partial charge in [-0.3, -0.25) is 5.43 Å². The molecule has 0 spiro atoms. The first-order chi connectivity index (χ1) is 13.0. The Hall–Kier alpha value is -3.02. The predicted molar refractivity (Wildman–Crippen MR) is 105 cm³/mol. The van der Waals surface area contributed by atoms with Crippen LogP contribution in [-0.2, 0) is 0 Å². The van der Waals surface area contributed by atoms with Crippen molar-refractivity contribution >= 4 is 41.1 Å². The highest BCUT2D eigenvalue weighted by molar-refractivity contribution is 6.33. The molecule has 0 unspecified atom stereocenters. The van der Waals surface area contributed by atoms with Crippen LogP contribution in [0.4, 0.5) is 5.69 Å². The van der Waals surface area contributed by atoms with Crippen molar-refractivity contribution in [2.75, 3.05) is 5.43 Å². The first kappa shape index (κ1) is 18.8. The Balaban J connectivity index is 1.68. The lowest BCUT2D eigenvalue weighted by atomic mass is 10.2. The average Bonchev–Trinajstić information content (AvgIpc) is 2.65. The summed E-state index contributed by atoms with van der Waals surface area (Å²) < 4.78 is 5.77. The molecule has 0 radical (unpaired) electrons. The second kappa shape index (κ2) is 8.58. The molecule has 7 heteroatoms. The third kappa shape index (κ3) is 5.23. The number of carbonyl (C=O) groups excluding carboxylic acids is 1. The molecule has 3 aromatic rings. The van der Waals surface area contributed by atoms with Gasteiger partial charge in [-0.25, -0.2) is 0 Å². The van der Waals surface area contributed by atoms with E-state index in [2.05, 4.69) is 10.5 Å². The van der Waals surface area contributed by atoms with Crippen LogP contribution >= 0.6 is 23.2 Å². The molecule has 0 aromatic heterocycles. The Morgan fingerprint density at radius 1 is 1.00 bits per heavy atom. The quantitative estimate of drug-likeness (QED) is 0.485. The van der Waals surface area contributed by atoms with Crippen molar-refractivity contribution in [3.05, 3.63) is 87.9 Å². The average molecular weight is 400 g/mol. The van der Waals surface area contributed by atoms with Crippen LogP contribution in [0.1, 0.15) is 15.9 Å². The first-order valence-electron chi connectivity index (χ1n) is 7.85. The molecule has 0 saturated carbocycles. The van der Waals surface area contributed by atoms with Gasteiger partial charge < -0.3 is 14.6 Å². The van der Waals surface area contributed by atoms with Gasteiger partial charge in [0.1, 0.15) is 11.5 Å². The fraction of sp³-hybridized carbons (Fsp3) is 0. The summed E-state index contributed by atoms with van der Waals surface area (Å²) in [7, 11) is 0. The summed E-state index contributed by atoms with van der Waals surface area (Å²) in [5.74, 6) is -0.0331. The van der Waals surface area contributed by atoms with E-state index < -0.39 is 5.97 Å². The highest BCUT2D eigenvalue weighted by atomic mass is 35.5. The zero-order valence-electron chi connectivity index (χ0n) is 13.9. The number of hydrogen-bond acceptors (Lipinski definition) is 5. The molecular weight excluding hydrogens is 387 g/mol. The van der Waals surface area contributed by atoms with Crippen molar-refractivity contribution in [3.63, 3.8) is 0 Å². The number of aromatic carboxylic acids is 1. The fourth-order valence-electron chi connectivity index (χ4n) is 2.23. The number of nitrogens with one attached hydrogen (secondary N) is 1. The normalized spacial score (nSPS) is 10.7. The third-order valence-corrected chi connectivity index (χ3v) is 4.08. The molecule has 0 aliphatic rings. The van der Waals surface area contributed by atoms with Crippen LogP contribution in [-0.4, -0.2) is 12.2 Å². The Morgan fingerprint density at radius 3 is 2.52 bits per heavy atom. The van der Waals surface area contributed by atoms with Gasteiger partial charge in [-0.1, -0.05) is 35.3 Å².